The summed E-state index contributed by atoms with van der Waals surface area (Å²) in [6, 6.07) is 14.5. The molecule has 32 heavy (non-hydrogen) atoms. The predicted molar refractivity (Wildman–Crippen MR) is 134 cm³/mol. The van der Waals surface area contributed by atoms with Gasteiger partial charge in [0, 0.05) is 25.5 Å². The Hall–Kier alpha value is -2.44. The summed E-state index contributed by atoms with van der Waals surface area (Å²) in [4.78, 5) is 0. The van der Waals surface area contributed by atoms with Crippen LogP contribution in [-0.2, 0) is 11.5 Å². The van der Waals surface area contributed by atoms with E-state index in [9.17, 15) is 0 Å². The molecule has 2 aliphatic rings. The van der Waals surface area contributed by atoms with Gasteiger partial charge in [-0.3, -0.25) is 5.10 Å². The Bertz CT molecular complexity index is 1200. The van der Waals surface area contributed by atoms with E-state index in [-0.39, 0.29) is 0 Å². The van der Waals surface area contributed by atoms with Crippen molar-refractivity contribution in [1.82, 2.24) is 20.0 Å². The Labute approximate surface area is 191 Å². The number of rotatable bonds is 7. The molecule has 2 saturated carbocycles. The highest BCUT2D eigenvalue weighted by atomic mass is 28.3. The quantitative estimate of drug-likeness (QED) is 0.255. The van der Waals surface area contributed by atoms with Crippen molar-refractivity contribution in [2.45, 2.75) is 69.9 Å². The Morgan fingerprint density at radius 1 is 0.938 bits per heavy atom. The van der Waals surface area contributed by atoms with E-state index in [0.717, 1.165) is 24.0 Å². The fourth-order valence-corrected chi connectivity index (χ4v) is 4.80. The summed E-state index contributed by atoms with van der Waals surface area (Å²) in [6.45, 7) is 8.53. The maximum Gasteiger partial charge on any atom is 0.139 e. The average molecular weight is 447 g/mol. The largest absolute Gasteiger partial charge is 0.360 e. The first-order chi connectivity index (χ1) is 15.5. The van der Waals surface area contributed by atoms with Crippen LogP contribution in [0.4, 0.5) is 0 Å². The lowest BCUT2D eigenvalue weighted by Crippen LogP contribution is -2.22. The molecule has 0 amide bonds. The topological polar surface area (TPSA) is 55.7 Å². The molecular weight excluding hydrogens is 412 g/mol. The van der Waals surface area contributed by atoms with E-state index in [1.54, 1.807) is 0 Å². The monoisotopic (exact) mass is 446 g/mol. The van der Waals surface area contributed by atoms with E-state index in [2.05, 4.69) is 71.3 Å². The number of nitrogens with one attached hydrogen (secondary N) is 1. The molecule has 0 spiro atoms. The second-order valence-corrected chi connectivity index (χ2v) is 16.2. The van der Waals surface area contributed by atoms with Gasteiger partial charge in [-0.1, -0.05) is 31.8 Å². The van der Waals surface area contributed by atoms with E-state index >= 15 is 0 Å². The van der Waals surface area contributed by atoms with Gasteiger partial charge in [-0.05, 0) is 79.0 Å². The fraction of sp³-hybridized carbons (Fsp3) is 0.462. The Kier molecular flexibility index (Phi) is 5.91. The number of ether oxygens (including phenoxy) is 1. The predicted octanol–water partition coefficient (Wildman–Crippen LogP) is 6.67. The Morgan fingerprint density at radius 2 is 1.62 bits per heavy atom. The molecule has 2 fully saturated rings. The molecule has 0 unspecified atom stereocenters. The highest BCUT2D eigenvalue weighted by molar-refractivity contribution is 6.76. The minimum absolute atomic E-state index is 0.566. The maximum atomic E-state index is 5.79. The van der Waals surface area contributed by atoms with Crippen LogP contribution >= 0.6 is 0 Å². The lowest BCUT2D eigenvalue weighted by molar-refractivity contribution is 0.0817. The van der Waals surface area contributed by atoms with Gasteiger partial charge in [-0.25, -0.2) is 4.68 Å². The number of benzene rings is 2. The number of aromatic nitrogens is 4. The lowest BCUT2D eigenvalue weighted by atomic mass is 10.1. The molecule has 0 aliphatic heterocycles. The van der Waals surface area contributed by atoms with Crippen molar-refractivity contribution >= 4 is 29.9 Å². The second kappa shape index (κ2) is 8.83. The van der Waals surface area contributed by atoms with Crippen molar-refractivity contribution in [3.8, 4) is 0 Å². The molecule has 5 nitrogen and oxygen atoms in total. The highest BCUT2D eigenvalue weighted by Gasteiger charge is 2.24. The van der Waals surface area contributed by atoms with Gasteiger partial charge >= 0.3 is 0 Å². The van der Waals surface area contributed by atoms with Gasteiger partial charge in [0.25, 0.3) is 0 Å². The van der Waals surface area contributed by atoms with Gasteiger partial charge in [-0.2, -0.15) is 10.2 Å². The first kappa shape index (κ1) is 21.4. The van der Waals surface area contributed by atoms with E-state index in [1.807, 2.05) is 17.1 Å². The molecule has 2 aliphatic carbocycles. The zero-order valence-electron chi connectivity index (χ0n) is 19.5. The third-order valence-electron chi connectivity index (χ3n) is 6.44. The van der Waals surface area contributed by atoms with E-state index in [4.69, 9.17) is 4.74 Å². The SMILES string of the molecule is C[Si](C)(C)CCOCn1ncc2cc(C3CC3)ccc21.c1cc2[nH]ncc2cc1C1CC1. The van der Waals surface area contributed by atoms with Gasteiger partial charge < -0.3 is 4.74 Å². The smallest absolute Gasteiger partial charge is 0.139 e. The first-order valence-electron chi connectivity index (χ1n) is 11.9. The molecule has 4 aromatic rings. The molecule has 0 bridgehead atoms. The number of hydrogen-bond donors (Lipinski definition) is 1. The maximum absolute atomic E-state index is 5.79. The zero-order chi connectivity index (χ0) is 22.1. The summed E-state index contributed by atoms with van der Waals surface area (Å²) in [7, 11) is -1.00. The minimum atomic E-state index is -1.00. The molecule has 0 atom stereocenters. The van der Waals surface area contributed by atoms with E-state index in [0.29, 0.717) is 6.73 Å². The summed E-state index contributed by atoms with van der Waals surface area (Å²) >= 11 is 0. The van der Waals surface area contributed by atoms with Crippen LogP contribution in [0, 0.1) is 0 Å². The van der Waals surface area contributed by atoms with Crippen LogP contribution in [0.15, 0.2) is 48.8 Å². The highest BCUT2D eigenvalue weighted by Crippen LogP contribution is 2.41. The summed E-state index contributed by atoms with van der Waals surface area (Å²) in [5, 5.41) is 13.9. The third kappa shape index (κ3) is 5.30. The van der Waals surface area contributed by atoms with Gasteiger partial charge in [0.15, 0.2) is 0 Å². The van der Waals surface area contributed by atoms with Crippen LogP contribution in [-0.4, -0.2) is 34.7 Å². The van der Waals surface area contributed by atoms with Crippen molar-refractivity contribution in [3.05, 3.63) is 59.9 Å². The van der Waals surface area contributed by atoms with Crippen molar-refractivity contribution < 1.29 is 4.74 Å². The zero-order valence-corrected chi connectivity index (χ0v) is 20.5. The van der Waals surface area contributed by atoms with Crippen molar-refractivity contribution in [2.24, 2.45) is 0 Å². The van der Waals surface area contributed by atoms with Crippen LogP contribution in [0.5, 0.6) is 0 Å². The van der Waals surface area contributed by atoms with Gasteiger partial charge in [0.1, 0.15) is 6.73 Å². The number of fused-ring (bicyclic) bond motifs is 2. The average Bonchev–Trinajstić information content (AvgIpc) is 3.70. The van der Waals surface area contributed by atoms with Crippen molar-refractivity contribution in [1.29, 1.82) is 0 Å². The van der Waals surface area contributed by atoms with Crippen LogP contribution in [0.2, 0.25) is 25.7 Å². The summed E-state index contributed by atoms with van der Waals surface area (Å²) < 4.78 is 7.76. The van der Waals surface area contributed by atoms with Crippen molar-refractivity contribution in [3.63, 3.8) is 0 Å². The number of hydrogen-bond acceptors (Lipinski definition) is 3. The second-order valence-electron chi connectivity index (χ2n) is 10.6. The molecule has 6 heteroatoms. The molecule has 6 rings (SSSR count). The van der Waals surface area contributed by atoms with Crippen LogP contribution in [0.25, 0.3) is 21.8 Å². The molecule has 0 saturated heterocycles. The van der Waals surface area contributed by atoms with E-state index < -0.39 is 8.07 Å². The Morgan fingerprint density at radius 3 is 2.31 bits per heavy atom. The summed E-state index contributed by atoms with van der Waals surface area (Å²) in [5.74, 6) is 1.64. The van der Waals surface area contributed by atoms with Gasteiger partial charge in [-0.15, -0.1) is 0 Å². The number of H-pyrrole nitrogens is 1. The first-order valence-corrected chi connectivity index (χ1v) is 15.6. The fourth-order valence-electron chi connectivity index (χ4n) is 4.04. The standard InChI is InChI=1S/C16H24N2OSi.C10H10N2/c1-20(2,3)9-8-19-12-18-16-7-6-14(13-4-5-13)10-15(16)11-17-18;1-2-7(1)8-3-4-10-9(5-8)6-11-12-10/h6-7,10-11,13H,4-5,8-9,12H2,1-3H3;3-7H,1-2H2,(H,11,12). The van der Waals surface area contributed by atoms with Crippen LogP contribution < -0.4 is 0 Å². The third-order valence-corrected chi connectivity index (χ3v) is 8.14. The van der Waals surface area contributed by atoms with Crippen molar-refractivity contribution in [2.75, 3.05) is 6.61 Å². The van der Waals surface area contributed by atoms with Crippen LogP contribution in [0.1, 0.15) is 48.6 Å². The molecule has 168 valence electrons. The Balaban J connectivity index is 0.000000152. The van der Waals surface area contributed by atoms with Gasteiger partial charge in [0.2, 0.25) is 0 Å². The molecule has 2 heterocycles. The molecule has 2 aromatic carbocycles. The minimum Gasteiger partial charge on any atom is -0.360 e. The molecule has 0 radical (unpaired) electrons. The lowest BCUT2D eigenvalue weighted by Gasteiger charge is -2.15. The molecular formula is C26H34N4OSi. The molecule has 2 aromatic heterocycles. The normalized spacial score (nSPS) is 16.3. The molecule has 1 N–H and O–H groups in total. The number of nitrogens with zero attached hydrogens (tertiary/aromatic N) is 3. The number of aromatic amines is 1. The van der Waals surface area contributed by atoms with Crippen LogP contribution in [0.3, 0.4) is 0 Å². The summed E-state index contributed by atoms with van der Waals surface area (Å²) in [5.41, 5.74) is 5.27. The van der Waals surface area contributed by atoms with Gasteiger partial charge in [0.05, 0.1) is 23.4 Å². The summed E-state index contributed by atoms with van der Waals surface area (Å²) in [6.07, 6.45) is 9.27. The van der Waals surface area contributed by atoms with E-state index in [1.165, 1.54) is 59.1 Å².